The minimum atomic E-state index is -0.637. The average molecular weight is 387 g/mol. The lowest BCUT2D eigenvalue weighted by Crippen LogP contribution is -2.33. The molecule has 1 fully saturated rings. The Balaban J connectivity index is 1.81. The molecule has 1 aliphatic heterocycles. The van der Waals surface area contributed by atoms with E-state index in [4.69, 9.17) is 10.5 Å². The van der Waals surface area contributed by atoms with E-state index in [2.05, 4.69) is 20.4 Å². The molecule has 10 heteroatoms. The number of anilines is 1. The van der Waals surface area contributed by atoms with E-state index in [9.17, 15) is 9.59 Å². The molecule has 0 saturated carbocycles. The molecule has 0 aliphatic carbocycles. The van der Waals surface area contributed by atoms with Crippen LogP contribution in [0, 0.1) is 12.8 Å². The standard InChI is InChI=1S/C18H25N7O3/c1-11-13(8-22-24(11)2)17-12(6-16(26)25(17)4-5-28-3)7-21-15-10-20-9-14(23-15)18(19)27/h8-10,12,17H,4-7H2,1-3H3,(H2,19,27)(H,21,23)/t12-,17+/m0/s1. The number of carbonyl (C=O) groups excluding carboxylic acids is 2. The van der Waals surface area contributed by atoms with Gasteiger partial charge in [-0.2, -0.15) is 5.10 Å². The Kier molecular flexibility index (Phi) is 5.88. The first kappa shape index (κ1) is 19.7. The van der Waals surface area contributed by atoms with Crippen LogP contribution < -0.4 is 11.1 Å². The minimum Gasteiger partial charge on any atom is -0.383 e. The molecular weight excluding hydrogens is 362 g/mol. The maximum atomic E-state index is 12.7. The number of methoxy groups -OCH3 is 1. The van der Waals surface area contributed by atoms with Crippen LogP contribution in [0.4, 0.5) is 5.82 Å². The second kappa shape index (κ2) is 8.34. The number of likely N-dealkylation sites (tertiary alicyclic amines) is 1. The molecular formula is C18H25N7O3. The highest BCUT2D eigenvalue weighted by Gasteiger charge is 2.41. The molecule has 3 rings (SSSR count). The number of nitrogens with zero attached hydrogens (tertiary/aromatic N) is 5. The molecule has 0 radical (unpaired) electrons. The van der Waals surface area contributed by atoms with E-state index in [0.717, 1.165) is 11.3 Å². The Morgan fingerprint density at radius 1 is 1.39 bits per heavy atom. The van der Waals surface area contributed by atoms with Crippen molar-refractivity contribution in [3.63, 3.8) is 0 Å². The van der Waals surface area contributed by atoms with Gasteiger partial charge in [-0.15, -0.1) is 0 Å². The summed E-state index contributed by atoms with van der Waals surface area (Å²) in [5.41, 5.74) is 7.39. The Morgan fingerprint density at radius 3 is 2.82 bits per heavy atom. The summed E-state index contributed by atoms with van der Waals surface area (Å²) in [6.07, 6.45) is 5.06. The molecule has 1 aliphatic rings. The van der Waals surface area contributed by atoms with Crippen LogP contribution in [-0.2, 0) is 16.6 Å². The predicted molar refractivity (Wildman–Crippen MR) is 101 cm³/mol. The van der Waals surface area contributed by atoms with Gasteiger partial charge in [0.25, 0.3) is 5.91 Å². The van der Waals surface area contributed by atoms with Crippen molar-refractivity contribution in [1.29, 1.82) is 0 Å². The summed E-state index contributed by atoms with van der Waals surface area (Å²) >= 11 is 0. The van der Waals surface area contributed by atoms with Gasteiger partial charge in [0, 0.05) is 50.8 Å². The molecule has 3 heterocycles. The first-order chi connectivity index (χ1) is 13.4. The highest BCUT2D eigenvalue weighted by molar-refractivity contribution is 5.90. The summed E-state index contributed by atoms with van der Waals surface area (Å²) in [7, 11) is 3.50. The topological polar surface area (TPSA) is 128 Å². The number of aromatic nitrogens is 4. The van der Waals surface area contributed by atoms with Crippen molar-refractivity contribution < 1.29 is 14.3 Å². The number of nitrogens with one attached hydrogen (secondary N) is 1. The van der Waals surface area contributed by atoms with Gasteiger partial charge >= 0.3 is 0 Å². The van der Waals surface area contributed by atoms with Crippen molar-refractivity contribution >= 4 is 17.6 Å². The van der Waals surface area contributed by atoms with E-state index in [1.165, 1.54) is 12.4 Å². The second-order valence-electron chi connectivity index (χ2n) is 6.83. The van der Waals surface area contributed by atoms with E-state index in [0.29, 0.717) is 31.9 Å². The van der Waals surface area contributed by atoms with Gasteiger partial charge in [-0.1, -0.05) is 0 Å². The van der Waals surface area contributed by atoms with Crippen LogP contribution in [0.1, 0.15) is 34.2 Å². The van der Waals surface area contributed by atoms with Gasteiger partial charge in [0.1, 0.15) is 11.5 Å². The van der Waals surface area contributed by atoms with Crippen molar-refractivity contribution in [1.82, 2.24) is 24.6 Å². The van der Waals surface area contributed by atoms with Crippen molar-refractivity contribution in [2.45, 2.75) is 19.4 Å². The van der Waals surface area contributed by atoms with Gasteiger partial charge < -0.3 is 20.7 Å². The summed E-state index contributed by atoms with van der Waals surface area (Å²) in [5.74, 6) is -0.108. The Bertz CT molecular complexity index is 867. The van der Waals surface area contributed by atoms with Gasteiger partial charge in [0.2, 0.25) is 5.91 Å². The SMILES string of the molecule is COCCN1C(=O)C[C@@H](CNc2cncc(C(N)=O)n2)[C@@H]1c1cnn(C)c1C. The molecule has 28 heavy (non-hydrogen) atoms. The second-order valence-corrected chi connectivity index (χ2v) is 6.83. The highest BCUT2D eigenvalue weighted by Crippen LogP contribution is 2.39. The van der Waals surface area contributed by atoms with Crippen LogP contribution in [0.3, 0.4) is 0 Å². The number of primary amides is 1. The zero-order chi connectivity index (χ0) is 20.3. The quantitative estimate of drug-likeness (QED) is 0.665. The third kappa shape index (κ3) is 3.96. The summed E-state index contributed by atoms with van der Waals surface area (Å²) in [6, 6.07) is -0.115. The zero-order valence-corrected chi connectivity index (χ0v) is 16.3. The fourth-order valence-electron chi connectivity index (χ4n) is 3.53. The van der Waals surface area contributed by atoms with Crippen molar-refractivity contribution in [2.24, 2.45) is 18.7 Å². The number of carbonyl (C=O) groups is 2. The number of hydrogen-bond acceptors (Lipinski definition) is 7. The van der Waals surface area contributed by atoms with E-state index < -0.39 is 5.91 Å². The maximum absolute atomic E-state index is 12.7. The van der Waals surface area contributed by atoms with E-state index in [1.807, 2.05) is 25.1 Å². The van der Waals surface area contributed by atoms with Gasteiger partial charge in [-0.25, -0.2) is 4.98 Å². The smallest absolute Gasteiger partial charge is 0.268 e. The maximum Gasteiger partial charge on any atom is 0.268 e. The van der Waals surface area contributed by atoms with Gasteiger partial charge in [-0.3, -0.25) is 19.3 Å². The Labute approximate surface area is 163 Å². The van der Waals surface area contributed by atoms with Crippen LogP contribution in [0.2, 0.25) is 0 Å². The number of ether oxygens (including phenoxy) is 1. The zero-order valence-electron chi connectivity index (χ0n) is 16.3. The molecule has 150 valence electrons. The van der Waals surface area contributed by atoms with Crippen LogP contribution in [-0.4, -0.2) is 63.3 Å². The molecule has 2 aromatic heterocycles. The van der Waals surface area contributed by atoms with E-state index >= 15 is 0 Å². The Hall–Kier alpha value is -3.01. The molecule has 0 unspecified atom stereocenters. The fourth-order valence-corrected chi connectivity index (χ4v) is 3.53. The van der Waals surface area contributed by atoms with E-state index in [-0.39, 0.29) is 23.6 Å². The predicted octanol–water partition coefficient (Wildman–Crippen LogP) is 0.266. The van der Waals surface area contributed by atoms with Gasteiger partial charge in [-0.05, 0) is 6.92 Å². The lowest BCUT2D eigenvalue weighted by atomic mass is 9.94. The molecule has 0 aromatic carbocycles. The number of amides is 2. The van der Waals surface area contributed by atoms with Crippen LogP contribution >= 0.6 is 0 Å². The molecule has 2 atom stereocenters. The van der Waals surface area contributed by atoms with Crippen LogP contribution in [0.25, 0.3) is 0 Å². The van der Waals surface area contributed by atoms with Gasteiger partial charge in [0.15, 0.2) is 0 Å². The minimum absolute atomic E-state index is 0.00582. The van der Waals surface area contributed by atoms with Crippen molar-refractivity contribution in [3.8, 4) is 0 Å². The lowest BCUT2D eigenvalue weighted by molar-refractivity contribution is -0.129. The molecule has 3 N–H and O–H groups in total. The molecule has 1 saturated heterocycles. The third-order valence-electron chi connectivity index (χ3n) is 5.10. The Morgan fingerprint density at radius 2 is 2.18 bits per heavy atom. The molecule has 2 amide bonds. The van der Waals surface area contributed by atoms with Crippen LogP contribution in [0.5, 0.6) is 0 Å². The normalized spacial score (nSPS) is 19.2. The van der Waals surface area contributed by atoms with Gasteiger partial charge in [0.05, 0.1) is 31.2 Å². The number of hydrogen-bond donors (Lipinski definition) is 2. The monoisotopic (exact) mass is 387 g/mol. The molecule has 0 bridgehead atoms. The molecule has 10 nitrogen and oxygen atoms in total. The number of rotatable bonds is 8. The summed E-state index contributed by atoms with van der Waals surface area (Å²) in [6.45, 7) is 3.46. The first-order valence-corrected chi connectivity index (χ1v) is 9.05. The molecule has 0 spiro atoms. The summed E-state index contributed by atoms with van der Waals surface area (Å²) in [5, 5.41) is 7.52. The lowest BCUT2D eigenvalue weighted by Gasteiger charge is -2.28. The van der Waals surface area contributed by atoms with Crippen molar-refractivity contribution in [2.75, 3.05) is 32.1 Å². The fraction of sp³-hybridized carbons (Fsp3) is 0.500. The van der Waals surface area contributed by atoms with Crippen LogP contribution in [0.15, 0.2) is 18.6 Å². The summed E-state index contributed by atoms with van der Waals surface area (Å²) in [4.78, 5) is 34.0. The first-order valence-electron chi connectivity index (χ1n) is 9.05. The summed E-state index contributed by atoms with van der Waals surface area (Å²) < 4.78 is 6.98. The number of aryl methyl sites for hydroxylation is 1. The average Bonchev–Trinajstić information content (AvgIpc) is 3.17. The number of nitrogens with two attached hydrogens (primary N) is 1. The third-order valence-corrected chi connectivity index (χ3v) is 5.10. The highest BCUT2D eigenvalue weighted by atomic mass is 16.5. The van der Waals surface area contributed by atoms with Crippen molar-refractivity contribution in [3.05, 3.63) is 35.5 Å². The molecule has 2 aromatic rings. The largest absolute Gasteiger partial charge is 0.383 e. The van der Waals surface area contributed by atoms with E-state index in [1.54, 1.807) is 11.8 Å².